The number of nitrogens with zero attached hydrogens (tertiary/aromatic N) is 2. The lowest BCUT2D eigenvalue weighted by Gasteiger charge is -2.22. The lowest BCUT2D eigenvalue weighted by molar-refractivity contribution is -0.129. The number of hydrogen-bond donors (Lipinski definition) is 1. The number of unbranched alkanes of at least 4 members (excludes halogenated alkanes) is 3. The molecular formula is C23H35N3O3. The van der Waals surface area contributed by atoms with Crippen LogP contribution in [0.2, 0.25) is 0 Å². The number of imidazole rings is 1. The Hall–Kier alpha value is -2.50. The van der Waals surface area contributed by atoms with Crippen molar-refractivity contribution in [2.45, 2.75) is 58.9 Å². The normalized spacial score (nSPS) is 11.3. The third kappa shape index (κ3) is 8.59. The molecule has 1 aromatic heterocycles. The number of amides is 1. The average molecular weight is 402 g/mol. The number of nitrogens with one attached hydrogen (secondary N) is 1. The first-order chi connectivity index (χ1) is 14.0. The van der Waals surface area contributed by atoms with Crippen LogP contribution in [-0.4, -0.2) is 35.7 Å². The highest BCUT2D eigenvalue weighted by Crippen LogP contribution is 2.23. The first-order valence-electron chi connectivity index (χ1n) is 10.5. The minimum atomic E-state index is -0.326. The largest absolute Gasteiger partial charge is 0.494 e. The van der Waals surface area contributed by atoms with Gasteiger partial charge in [-0.05, 0) is 62.8 Å². The Morgan fingerprint density at radius 2 is 1.62 bits per heavy atom. The minimum Gasteiger partial charge on any atom is -0.494 e. The Morgan fingerprint density at radius 1 is 1.00 bits per heavy atom. The zero-order valence-electron chi connectivity index (χ0n) is 18.0. The number of hydrogen-bond acceptors (Lipinski definition) is 4. The number of benzene rings is 1. The first kappa shape index (κ1) is 22.8. The van der Waals surface area contributed by atoms with Gasteiger partial charge in [0.25, 0.3) is 0 Å². The van der Waals surface area contributed by atoms with Gasteiger partial charge in [-0.1, -0.05) is 13.8 Å². The van der Waals surface area contributed by atoms with E-state index in [0.717, 1.165) is 63.2 Å². The van der Waals surface area contributed by atoms with E-state index in [1.807, 2.05) is 56.8 Å². The molecule has 2 rings (SSSR count). The van der Waals surface area contributed by atoms with Crippen molar-refractivity contribution in [2.75, 3.05) is 20.3 Å². The van der Waals surface area contributed by atoms with E-state index >= 15 is 0 Å². The molecule has 160 valence electrons. The monoisotopic (exact) mass is 401 g/mol. The van der Waals surface area contributed by atoms with Gasteiger partial charge >= 0.3 is 0 Å². The van der Waals surface area contributed by atoms with Gasteiger partial charge in [-0.3, -0.25) is 4.79 Å². The number of rotatable bonds is 14. The standard InChI is InChI=1S/C23H35N3O3/c1-23(2,22(27)24-3)13-5-8-18-29-21-11-9-20(10-12-21)28-17-7-4-6-15-26-16-14-25-19-26/h9-12,14,16,19H,4-8,13,15,17-18H2,1-3H3,(H,24,27). The van der Waals surface area contributed by atoms with Gasteiger partial charge in [0.05, 0.1) is 19.5 Å². The van der Waals surface area contributed by atoms with Crippen LogP contribution in [-0.2, 0) is 11.3 Å². The molecule has 1 aromatic carbocycles. The first-order valence-corrected chi connectivity index (χ1v) is 10.5. The Labute approximate surface area is 174 Å². The zero-order valence-corrected chi connectivity index (χ0v) is 18.0. The van der Waals surface area contributed by atoms with Crippen LogP contribution in [0, 0.1) is 5.41 Å². The molecule has 0 aliphatic carbocycles. The van der Waals surface area contributed by atoms with Crippen LogP contribution in [0.25, 0.3) is 0 Å². The molecule has 0 spiro atoms. The van der Waals surface area contributed by atoms with E-state index in [0.29, 0.717) is 6.61 Å². The summed E-state index contributed by atoms with van der Waals surface area (Å²) in [6.45, 7) is 6.35. The highest BCUT2D eigenvalue weighted by Gasteiger charge is 2.25. The summed E-state index contributed by atoms with van der Waals surface area (Å²) in [5.41, 5.74) is -0.326. The van der Waals surface area contributed by atoms with E-state index in [9.17, 15) is 4.79 Å². The molecule has 0 radical (unpaired) electrons. The second-order valence-corrected chi connectivity index (χ2v) is 7.95. The molecule has 29 heavy (non-hydrogen) atoms. The molecule has 0 bridgehead atoms. The van der Waals surface area contributed by atoms with Crippen molar-refractivity contribution in [3.05, 3.63) is 43.0 Å². The molecule has 0 unspecified atom stereocenters. The lowest BCUT2D eigenvalue weighted by atomic mass is 9.86. The van der Waals surface area contributed by atoms with E-state index < -0.39 is 0 Å². The Bertz CT molecular complexity index is 697. The van der Waals surface area contributed by atoms with Crippen LogP contribution in [0.4, 0.5) is 0 Å². The Balaban J connectivity index is 1.53. The highest BCUT2D eigenvalue weighted by molar-refractivity contribution is 5.81. The van der Waals surface area contributed by atoms with Crippen LogP contribution in [0.15, 0.2) is 43.0 Å². The Morgan fingerprint density at radius 3 is 2.17 bits per heavy atom. The average Bonchev–Trinajstić information content (AvgIpc) is 3.24. The van der Waals surface area contributed by atoms with Crippen LogP contribution in [0.3, 0.4) is 0 Å². The molecule has 0 saturated heterocycles. The number of carbonyl (C=O) groups is 1. The summed E-state index contributed by atoms with van der Waals surface area (Å²) in [6.07, 6.45) is 11.7. The molecule has 1 amide bonds. The zero-order chi connectivity index (χ0) is 21.0. The van der Waals surface area contributed by atoms with E-state index in [1.54, 1.807) is 7.05 Å². The topological polar surface area (TPSA) is 65.4 Å². The summed E-state index contributed by atoms with van der Waals surface area (Å²) >= 11 is 0. The van der Waals surface area contributed by atoms with E-state index in [-0.39, 0.29) is 11.3 Å². The molecule has 0 aliphatic heterocycles. The summed E-state index contributed by atoms with van der Waals surface area (Å²) in [5.74, 6) is 1.81. The van der Waals surface area contributed by atoms with Crippen LogP contribution < -0.4 is 14.8 Å². The molecule has 1 heterocycles. The number of ether oxygens (including phenoxy) is 2. The fraction of sp³-hybridized carbons (Fsp3) is 0.565. The molecule has 6 nitrogen and oxygen atoms in total. The minimum absolute atomic E-state index is 0.0900. The third-order valence-electron chi connectivity index (χ3n) is 5.02. The number of carbonyl (C=O) groups excluding carboxylic acids is 1. The van der Waals surface area contributed by atoms with Crippen molar-refractivity contribution in [3.8, 4) is 11.5 Å². The van der Waals surface area contributed by atoms with Gasteiger partial charge in [0.1, 0.15) is 11.5 Å². The van der Waals surface area contributed by atoms with Crippen molar-refractivity contribution in [2.24, 2.45) is 5.41 Å². The quantitative estimate of drug-likeness (QED) is 0.475. The van der Waals surface area contributed by atoms with Crippen LogP contribution in [0.5, 0.6) is 11.5 Å². The second kappa shape index (κ2) is 12.1. The van der Waals surface area contributed by atoms with Gasteiger partial charge in [0.2, 0.25) is 5.91 Å². The maximum Gasteiger partial charge on any atom is 0.225 e. The van der Waals surface area contributed by atoms with E-state index in [1.165, 1.54) is 0 Å². The molecular weight excluding hydrogens is 366 g/mol. The number of aromatic nitrogens is 2. The van der Waals surface area contributed by atoms with Crippen molar-refractivity contribution >= 4 is 5.91 Å². The molecule has 6 heteroatoms. The van der Waals surface area contributed by atoms with Gasteiger partial charge in [-0.2, -0.15) is 0 Å². The summed E-state index contributed by atoms with van der Waals surface area (Å²) in [4.78, 5) is 15.8. The van der Waals surface area contributed by atoms with E-state index in [4.69, 9.17) is 9.47 Å². The molecule has 0 fully saturated rings. The summed E-state index contributed by atoms with van der Waals surface area (Å²) < 4.78 is 13.7. The van der Waals surface area contributed by atoms with Gasteiger partial charge in [-0.25, -0.2) is 4.98 Å². The predicted molar refractivity (Wildman–Crippen MR) is 115 cm³/mol. The molecule has 0 atom stereocenters. The van der Waals surface area contributed by atoms with Crippen molar-refractivity contribution < 1.29 is 14.3 Å². The van der Waals surface area contributed by atoms with Crippen molar-refractivity contribution in [1.82, 2.24) is 14.9 Å². The highest BCUT2D eigenvalue weighted by atomic mass is 16.5. The van der Waals surface area contributed by atoms with Crippen molar-refractivity contribution in [3.63, 3.8) is 0 Å². The fourth-order valence-electron chi connectivity index (χ4n) is 3.13. The third-order valence-corrected chi connectivity index (χ3v) is 5.02. The SMILES string of the molecule is CNC(=O)C(C)(C)CCCCOc1ccc(OCCCCCn2ccnc2)cc1. The van der Waals surface area contributed by atoms with Crippen LogP contribution in [0.1, 0.15) is 52.4 Å². The van der Waals surface area contributed by atoms with Gasteiger partial charge < -0.3 is 19.4 Å². The summed E-state index contributed by atoms with van der Waals surface area (Å²) in [6, 6.07) is 7.80. The molecule has 1 N–H and O–H groups in total. The van der Waals surface area contributed by atoms with Gasteiger partial charge in [0.15, 0.2) is 0 Å². The Kier molecular flexibility index (Phi) is 9.54. The smallest absolute Gasteiger partial charge is 0.225 e. The summed E-state index contributed by atoms with van der Waals surface area (Å²) in [7, 11) is 1.68. The van der Waals surface area contributed by atoms with Gasteiger partial charge in [0, 0.05) is 31.4 Å². The van der Waals surface area contributed by atoms with Crippen LogP contribution >= 0.6 is 0 Å². The second-order valence-electron chi connectivity index (χ2n) is 7.95. The maximum absolute atomic E-state index is 11.8. The van der Waals surface area contributed by atoms with Gasteiger partial charge in [-0.15, -0.1) is 0 Å². The maximum atomic E-state index is 11.8. The fourth-order valence-corrected chi connectivity index (χ4v) is 3.13. The molecule has 2 aromatic rings. The molecule has 0 saturated carbocycles. The lowest BCUT2D eigenvalue weighted by Crippen LogP contribution is -2.34. The van der Waals surface area contributed by atoms with E-state index in [2.05, 4.69) is 14.9 Å². The van der Waals surface area contributed by atoms with Crippen molar-refractivity contribution in [1.29, 1.82) is 0 Å². The predicted octanol–water partition coefficient (Wildman–Crippen LogP) is 4.45. The summed E-state index contributed by atoms with van der Waals surface area (Å²) in [5, 5.41) is 2.72. The molecule has 0 aliphatic rings. The number of aryl methyl sites for hydroxylation is 1.